The van der Waals surface area contributed by atoms with Gasteiger partial charge in [0.25, 0.3) is 0 Å². The number of unbranched alkanes of at least 4 members (excludes halogenated alkanes) is 10. The maximum absolute atomic E-state index is 9.91. The normalized spacial score (nSPS) is 12.2. The van der Waals surface area contributed by atoms with E-state index >= 15 is 0 Å². The number of quaternary nitrogens is 2. The number of aliphatic hydroxyl groups excluding tert-OH is 4. The van der Waals surface area contributed by atoms with E-state index in [9.17, 15) is 20.4 Å². The Morgan fingerprint density at radius 1 is 0.489 bits per heavy atom. The van der Waals surface area contributed by atoms with E-state index in [1.807, 2.05) is 0 Å². The van der Waals surface area contributed by atoms with E-state index in [0.717, 1.165) is 55.7 Å². The Kier molecular flexibility index (Phi) is 20.2. The zero-order valence-corrected chi connectivity index (χ0v) is 29.3. The number of aliphatic hydroxyl groups is 4. The summed E-state index contributed by atoms with van der Waals surface area (Å²) in [6.45, 7) is 10.9. The minimum Gasteiger partial charge on any atom is -0.391 e. The first-order chi connectivity index (χ1) is 21.9. The molecule has 0 unspecified atom stereocenters. The molecule has 0 atom stereocenters. The number of hydrogen-bond donors (Lipinski definition) is 4. The van der Waals surface area contributed by atoms with Crippen molar-refractivity contribution in [2.45, 2.75) is 104 Å². The van der Waals surface area contributed by atoms with Crippen molar-refractivity contribution in [3.05, 3.63) is 58.6 Å². The van der Waals surface area contributed by atoms with Crippen LogP contribution in [0, 0.1) is 0 Å². The lowest BCUT2D eigenvalue weighted by Gasteiger charge is -2.38. The van der Waals surface area contributed by atoms with Crippen LogP contribution >= 0.6 is 11.6 Å². The maximum atomic E-state index is 9.91. The smallest absolute Gasteiger partial charge is 0.105 e. The second kappa shape index (κ2) is 22.9. The van der Waals surface area contributed by atoms with E-state index < -0.39 is 0 Å². The molecule has 7 heteroatoms. The van der Waals surface area contributed by atoms with Crippen molar-refractivity contribution in [2.75, 3.05) is 65.7 Å². The van der Waals surface area contributed by atoms with Crippen LogP contribution in [0.4, 0.5) is 0 Å². The molecule has 0 aliphatic carbocycles. The van der Waals surface area contributed by atoms with Gasteiger partial charge in [-0.2, -0.15) is 0 Å². The van der Waals surface area contributed by atoms with Crippen LogP contribution in [-0.2, 0) is 13.1 Å². The van der Waals surface area contributed by atoms with Crippen LogP contribution in [0.1, 0.15) is 102 Å². The van der Waals surface area contributed by atoms with Gasteiger partial charge in [-0.05, 0) is 37.3 Å². The van der Waals surface area contributed by atoms with Crippen molar-refractivity contribution < 1.29 is 29.4 Å². The summed E-state index contributed by atoms with van der Waals surface area (Å²) in [5.74, 6) is 0. The van der Waals surface area contributed by atoms with Gasteiger partial charge in [0, 0.05) is 21.7 Å². The summed E-state index contributed by atoms with van der Waals surface area (Å²) in [6.07, 6.45) is 14.7. The van der Waals surface area contributed by atoms with Crippen LogP contribution in [0.3, 0.4) is 0 Å². The molecule has 0 bridgehead atoms. The van der Waals surface area contributed by atoms with Gasteiger partial charge in [-0.15, -0.1) is 0 Å². The molecule has 0 aromatic heterocycles. The largest absolute Gasteiger partial charge is 0.391 e. The molecule has 45 heavy (non-hydrogen) atoms. The van der Waals surface area contributed by atoms with Crippen molar-refractivity contribution in [3.8, 4) is 11.1 Å². The van der Waals surface area contributed by atoms with Crippen LogP contribution < -0.4 is 0 Å². The van der Waals surface area contributed by atoms with Crippen LogP contribution in [0.2, 0.25) is 5.02 Å². The molecule has 0 saturated heterocycles. The Bertz CT molecular complexity index is 1020. The molecule has 0 amide bonds. The van der Waals surface area contributed by atoms with E-state index in [4.69, 9.17) is 11.6 Å². The Balaban J connectivity index is 2.13. The van der Waals surface area contributed by atoms with Crippen molar-refractivity contribution >= 4 is 11.6 Å². The molecule has 0 fully saturated rings. The molecule has 0 radical (unpaired) electrons. The van der Waals surface area contributed by atoms with E-state index in [0.29, 0.717) is 40.2 Å². The molecule has 4 N–H and O–H groups in total. The highest BCUT2D eigenvalue weighted by atomic mass is 35.5. The Morgan fingerprint density at radius 2 is 0.889 bits per heavy atom. The molecule has 0 aliphatic rings. The van der Waals surface area contributed by atoms with Crippen LogP contribution in [0.5, 0.6) is 0 Å². The molecule has 0 saturated carbocycles. The molecule has 0 aliphatic heterocycles. The Morgan fingerprint density at radius 3 is 1.31 bits per heavy atom. The third-order valence-corrected chi connectivity index (χ3v) is 9.92. The summed E-state index contributed by atoms with van der Waals surface area (Å²) < 4.78 is 1.38. The fourth-order valence-corrected chi connectivity index (χ4v) is 7.22. The number of rotatable bonds is 27. The van der Waals surface area contributed by atoms with Gasteiger partial charge in [-0.1, -0.05) is 113 Å². The zero-order valence-electron chi connectivity index (χ0n) is 28.6. The lowest BCUT2D eigenvalue weighted by atomic mass is 10.0. The third kappa shape index (κ3) is 14.4. The number of nitrogens with zero attached hydrogens (tertiary/aromatic N) is 2. The van der Waals surface area contributed by atoms with E-state index in [1.165, 1.54) is 69.8 Å². The minimum atomic E-state index is 0.101. The third-order valence-electron chi connectivity index (χ3n) is 9.60. The predicted octanol–water partition coefficient (Wildman–Crippen LogP) is 7.33. The summed E-state index contributed by atoms with van der Waals surface area (Å²) in [5.41, 5.74) is 4.37. The van der Waals surface area contributed by atoms with Gasteiger partial charge < -0.3 is 29.4 Å². The highest BCUT2D eigenvalue weighted by Crippen LogP contribution is 2.31. The number of halogens is 1. The number of hydrogen-bond acceptors (Lipinski definition) is 4. The van der Waals surface area contributed by atoms with Gasteiger partial charge in [-0.3, -0.25) is 0 Å². The average Bonchev–Trinajstić information content (AvgIpc) is 3.02. The molecule has 256 valence electrons. The minimum absolute atomic E-state index is 0.101. The van der Waals surface area contributed by atoms with Gasteiger partial charge in [0.05, 0.1) is 39.5 Å². The Labute approximate surface area is 279 Å². The molecule has 2 rings (SSSR count). The molecule has 6 nitrogen and oxygen atoms in total. The van der Waals surface area contributed by atoms with E-state index in [-0.39, 0.29) is 26.4 Å². The lowest BCUT2D eigenvalue weighted by Crippen LogP contribution is -2.51. The zero-order chi connectivity index (χ0) is 32.8. The van der Waals surface area contributed by atoms with E-state index in [2.05, 4.69) is 56.3 Å². The van der Waals surface area contributed by atoms with Crippen LogP contribution in [-0.4, -0.2) is 95.1 Å². The Hall–Kier alpha value is -1.51. The molecule has 2 aromatic carbocycles. The van der Waals surface area contributed by atoms with E-state index in [1.54, 1.807) is 0 Å². The first-order valence-electron chi connectivity index (χ1n) is 17.9. The van der Waals surface area contributed by atoms with Crippen molar-refractivity contribution in [3.63, 3.8) is 0 Å². The maximum Gasteiger partial charge on any atom is 0.105 e. The summed E-state index contributed by atoms with van der Waals surface area (Å²) in [6, 6.07) is 14.9. The highest BCUT2D eigenvalue weighted by Gasteiger charge is 2.28. The fourth-order valence-electron chi connectivity index (χ4n) is 6.90. The highest BCUT2D eigenvalue weighted by molar-refractivity contribution is 6.33. The molecule has 0 spiro atoms. The predicted molar refractivity (Wildman–Crippen MR) is 189 cm³/mol. The molecule has 2 aromatic rings. The number of benzene rings is 2. The van der Waals surface area contributed by atoms with Crippen molar-refractivity contribution in [1.82, 2.24) is 0 Å². The lowest BCUT2D eigenvalue weighted by molar-refractivity contribution is -0.941. The fraction of sp³-hybridized carbons (Fsp3) is 0.684. The van der Waals surface area contributed by atoms with Gasteiger partial charge in [0.2, 0.25) is 0 Å². The molecular weight excluding hydrogens is 584 g/mol. The summed E-state index contributed by atoms with van der Waals surface area (Å²) >= 11 is 6.89. The quantitative estimate of drug-likeness (QED) is 0.0604. The first-order valence-corrected chi connectivity index (χ1v) is 18.3. The van der Waals surface area contributed by atoms with Gasteiger partial charge in [0.15, 0.2) is 0 Å². The molecule has 0 heterocycles. The second-order valence-electron chi connectivity index (χ2n) is 13.3. The summed E-state index contributed by atoms with van der Waals surface area (Å²) in [5, 5.41) is 40.3. The standard InChI is InChI=1S/C38H65ClN2O4/c1-3-5-7-9-11-13-21-40(23-27-42,24-28-43)32-34-15-18-36(19-16-34)37-20-17-35(31-38(37)39)33-41(25-29-44,26-30-45)22-14-12-10-8-6-4-2/h15-20,31,42-45H,3-14,21-30,32-33H2,1-2H3/q+2. The summed E-state index contributed by atoms with van der Waals surface area (Å²) in [7, 11) is 0. The van der Waals surface area contributed by atoms with Gasteiger partial charge in [-0.25, -0.2) is 0 Å². The van der Waals surface area contributed by atoms with Gasteiger partial charge >= 0.3 is 0 Å². The SMILES string of the molecule is CCCCCCCC[N+](CCO)(CCO)Cc1ccc(-c2ccc(C[N+](CCO)(CCO)CCCCCCCC)cc2Cl)cc1. The van der Waals surface area contributed by atoms with Crippen molar-refractivity contribution in [2.24, 2.45) is 0 Å². The summed E-state index contributed by atoms with van der Waals surface area (Å²) in [4.78, 5) is 0. The van der Waals surface area contributed by atoms with Gasteiger partial charge in [0.1, 0.15) is 39.3 Å². The van der Waals surface area contributed by atoms with Crippen LogP contribution in [0.15, 0.2) is 42.5 Å². The second-order valence-corrected chi connectivity index (χ2v) is 13.7. The van der Waals surface area contributed by atoms with Crippen LogP contribution in [0.25, 0.3) is 11.1 Å². The average molecular weight is 649 g/mol. The van der Waals surface area contributed by atoms with Crippen molar-refractivity contribution in [1.29, 1.82) is 0 Å². The topological polar surface area (TPSA) is 80.9 Å². The molecular formula is C38H65ClN2O4+2. The first kappa shape index (κ1) is 39.7. The monoisotopic (exact) mass is 648 g/mol.